The zero-order valence-corrected chi connectivity index (χ0v) is 14.4. The Kier molecular flexibility index (Phi) is 2.47. The Balaban J connectivity index is 1.50. The van der Waals surface area contributed by atoms with Crippen molar-refractivity contribution in [3.8, 4) is 0 Å². The summed E-state index contributed by atoms with van der Waals surface area (Å²) < 4.78 is 5.16. The van der Waals surface area contributed by atoms with Crippen molar-refractivity contribution in [3.63, 3.8) is 0 Å². The molecule has 1 unspecified atom stereocenters. The first kappa shape index (κ1) is 13.9. The number of rotatable bonds is 1. The number of esters is 1. The zero-order chi connectivity index (χ0) is 15.3. The fourth-order valence-corrected chi connectivity index (χ4v) is 8.60. The second kappa shape index (κ2) is 3.92. The highest BCUT2D eigenvalue weighted by Crippen LogP contribution is 2.85. The number of carbonyl (C=O) groups excluding carboxylic acids is 1. The molecule has 122 valence electrons. The van der Waals surface area contributed by atoms with Crippen LogP contribution in [0.3, 0.4) is 0 Å². The first-order valence-corrected chi connectivity index (χ1v) is 9.52. The molecule has 4 bridgehead atoms. The molecule has 2 heteroatoms. The highest BCUT2D eigenvalue weighted by Gasteiger charge is 2.78. The number of ether oxygens (including phenoxy) is 1. The highest BCUT2D eigenvalue weighted by atomic mass is 16.5. The third kappa shape index (κ3) is 1.38. The van der Waals surface area contributed by atoms with Gasteiger partial charge >= 0.3 is 5.97 Å². The topological polar surface area (TPSA) is 26.3 Å². The van der Waals surface area contributed by atoms with E-state index in [9.17, 15) is 4.79 Å². The Bertz CT molecular complexity index is 542. The maximum Gasteiger partial charge on any atom is 0.308 e. The molecule has 6 rings (SSSR count). The summed E-state index contributed by atoms with van der Waals surface area (Å²) in [5.74, 6) is 3.82. The molecule has 22 heavy (non-hydrogen) atoms. The van der Waals surface area contributed by atoms with Gasteiger partial charge in [0.25, 0.3) is 0 Å². The van der Waals surface area contributed by atoms with Crippen molar-refractivity contribution in [3.05, 3.63) is 0 Å². The van der Waals surface area contributed by atoms with Gasteiger partial charge in [0.05, 0.1) is 13.0 Å². The first-order valence-electron chi connectivity index (χ1n) is 9.52. The van der Waals surface area contributed by atoms with Crippen LogP contribution in [0.1, 0.15) is 65.2 Å². The molecule has 8 atom stereocenters. The molecule has 0 aromatic carbocycles. The zero-order valence-electron chi connectivity index (χ0n) is 14.4. The molecule has 0 heterocycles. The van der Waals surface area contributed by atoms with Crippen LogP contribution in [0.2, 0.25) is 0 Å². The minimum atomic E-state index is 0.0745. The Morgan fingerprint density at radius 1 is 1.05 bits per heavy atom. The van der Waals surface area contributed by atoms with Gasteiger partial charge in [-0.15, -0.1) is 0 Å². The van der Waals surface area contributed by atoms with Crippen LogP contribution < -0.4 is 0 Å². The van der Waals surface area contributed by atoms with E-state index in [0.29, 0.717) is 16.7 Å². The SMILES string of the molecule is COC(=O)[C@H]1CCC[C@]2(C)[C@@H]3C[C@H]4[C@@H]5CC3(CC[C@@H]12)C[C@@]45C. The average molecular weight is 302 g/mol. The van der Waals surface area contributed by atoms with E-state index in [0.717, 1.165) is 29.6 Å². The van der Waals surface area contributed by atoms with Gasteiger partial charge in [-0.2, -0.15) is 0 Å². The van der Waals surface area contributed by atoms with Crippen LogP contribution in [0.25, 0.3) is 0 Å². The van der Waals surface area contributed by atoms with Crippen molar-refractivity contribution < 1.29 is 9.53 Å². The molecular weight excluding hydrogens is 272 g/mol. The predicted octanol–water partition coefficient (Wildman–Crippen LogP) is 4.43. The van der Waals surface area contributed by atoms with Gasteiger partial charge in [0.1, 0.15) is 0 Å². The van der Waals surface area contributed by atoms with E-state index in [1.54, 1.807) is 7.11 Å². The number of hydrogen-bond acceptors (Lipinski definition) is 2. The summed E-state index contributed by atoms with van der Waals surface area (Å²) in [5.41, 5.74) is 1.78. The molecule has 6 aliphatic carbocycles. The molecule has 0 saturated heterocycles. The van der Waals surface area contributed by atoms with E-state index in [2.05, 4.69) is 13.8 Å². The fraction of sp³-hybridized carbons (Fsp3) is 0.950. The standard InChI is InChI=1S/C20H30O2/c1-18-7-4-5-12(17(21)22-3)13(18)6-8-20-10-15-14(9-16(18)20)19(15,2)11-20/h12-16H,4-11H2,1-3H3/t12-,13-,14-,15-,16-,18-,19-,20?/m0/s1. The van der Waals surface area contributed by atoms with Gasteiger partial charge in [-0.3, -0.25) is 4.79 Å². The van der Waals surface area contributed by atoms with Gasteiger partial charge in [-0.1, -0.05) is 20.3 Å². The summed E-state index contributed by atoms with van der Waals surface area (Å²) in [4.78, 5) is 12.3. The Hall–Kier alpha value is -0.530. The Labute approximate surface area is 134 Å². The lowest BCUT2D eigenvalue weighted by atomic mass is 9.42. The second-order valence-corrected chi connectivity index (χ2v) is 9.92. The molecule has 0 aliphatic heterocycles. The highest BCUT2D eigenvalue weighted by molar-refractivity contribution is 5.73. The molecule has 0 radical (unpaired) electrons. The maximum atomic E-state index is 12.3. The van der Waals surface area contributed by atoms with E-state index in [-0.39, 0.29) is 11.9 Å². The van der Waals surface area contributed by atoms with Gasteiger partial charge in [0.2, 0.25) is 0 Å². The quantitative estimate of drug-likeness (QED) is 0.670. The van der Waals surface area contributed by atoms with Gasteiger partial charge in [-0.05, 0) is 84.9 Å². The van der Waals surface area contributed by atoms with Gasteiger partial charge in [-0.25, -0.2) is 0 Å². The first-order chi connectivity index (χ1) is 10.4. The van der Waals surface area contributed by atoms with Crippen LogP contribution >= 0.6 is 0 Å². The summed E-state index contributed by atoms with van der Waals surface area (Å²) in [6.07, 6.45) is 10.8. The van der Waals surface area contributed by atoms with Crippen molar-refractivity contribution in [2.24, 2.45) is 45.8 Å². The Morgan fingerprint density at radius 3 is 2.55 bits per heavy atom. The minimum Gasteiger partial charge on any atom is -0.469 e. The van der Waals surface area contributed by atoms with Gasteiger partial charge in [0.15, 0.2) is 0 Å². The number of methoxy groups -OCH3 is 1. The molecule has 2 nitrogen and oxygen atoms in total. The van der Waals surface area contributed by atoms with Crippen molar-refractivity contribution in [1.29, 1.82) is 0 Å². The minimum absolute atomic E-state index is 0.0745. The molecular formula is C20H30O2. The van der Waals surface area contributed by atoms with Crippen molar-refractivity contribution in [1.82, 2.24) is 0 Å². The van der Waals surface area contributed by atoms with Crippen LogP contribution in [-0.2, 0) is 9.53 Å². The van der Waals surface area contributed by atoms with Crippen LogP contribution in [-0.4, -0.2) is 13.1 Å². The lowest BCUT2D eigenvalue weighted by Crippen LogP contribution is -2.56. The van der Waals surface area contributed by atoms with Gasteiger partial charge in [0, 0.05) is 0 Å². The number of carbonyl (C=O) groups is 1. The third-order valence-electron chi connectivity index (χ3n) is 9.48. The predicted molar refractivity (Wildman–Crippen MR) is 85.0 cm³/mol. The van der Waals surface area contributed by atoms with Crippen LogP contribution in [0.5, 0.6) is 0 Å². The second-order valence-electron chi connectivity index (χ2n) is 9.92. The van der Waals surface area contributed by atoms with E-state index in [4.69, 9.17) is 4.74 Å². The molecule has 6 fully saturated rings. The monoisotopic (exact) mass is 302 g/mol. The summed E-state index contributed by atoms with van der Waals surface area (Å²) in [7, 11) is 1.57. The summed E-state index contributed by atoms with van der Waals surface area (Å²) in [6.45, 7) is 5.12. The summed E-state index contributed by atoms with van der Waals surface area (Å²) in [5, 5.41) is 0. The molecule has 6 aliphatic rings. The Morgan fingerprint density at radius 2 is 1.86 bits per heavy atom. The smallest absolute Gasteiger partial charge is 0.308 e. The molecule has 0 N–H and O–H groups in total. The third-order valence-corrected chi connectivity index (χ3v) is 9.48. The maximum absolute atomic E-state index is 12.3. The van der Waals surface area contributed by atoms with Crippen LogP contribution in [0.15, 0.2) is 0 Å². The number of fused-ring (bicyclic) bond motifs is 1. The summed E-state index contributed by atoms with van der Waals surface area (Å²) in [6, 6.07) is 0. The molecule has 6 saturated carbocycles. The molecule has 0 amide bonds. The fourth-order valence-electron chi connectivity index (χ4n) is 8.60. The lowest BCUT2D eigenvalue weighted by Gasteiger charge is -2.63. The largest absolute Gasteiger partial charge is 0.469 e. The average Bonchev–Trinajstić information content (AvgIpc) is 2.96. The molecule has 1 spiro atoms. The normalized spacial score (nSPS) is 61.1. The van der Waals surface area contributed by atoms with Crippen molar-refractivity contribution in [2.75, 3.05) is 7.11 Å². The molecule has 0 aromatic heterocycles. The van der Waals surface area contributed by atoms with E-state index < -0.39 is 0 Å². The van der Waals surface area contributed by atoms with Gasteiger partial charge < -0.3 is 4.74 Å². The summed E-state index contributed by atoms with van der Waals surface area (Å²) >= 11 is 0. The van der Waals surface area contributed by atoms with Crippen LogP contribution in [0, 0.1) is 45.8 Å². The van der Waals surface area contributed by atoms with E-state index in [1.165, 1.54) is 44.9 Å². The lowest BCUT2D eigenvalue weighted by molar-refractivity contribution is -0.170. The van der Waals surface area contributed by atoms with E-state index in [1.807, 2.05) is 0 Å². The molecule has 0 aromatic rings. The van der Waals surface area contributed by atoms with E-state index >= 15 is 0 Å². The van der Waals surface area contributed by atoms with Crippen molar-refractivity contribution in [2.45, 2.75) is 65.2 Å². The van der Waals surface area contributed by atoms with Crippen molar-refractivity contribution >= 4 is 5.97 Å². The number of hydrogen-bond donors (Lipinski definition) is 0. The van der Waals surface area contributed by atoms with Crippen LogP contribution in [0.4, 0.5) is 0 Å².